The van der Waals surface area contributed by atoms with E-state index in [9.17, 15) is 0 Å². The number of nitrogens with zero attached hydrogens (tertiary/aromatic N) is 2. The summed E-state index contributed by atoms with van der Waals surface area (Å²) in [6, 6.07) is 50.2. The van der Waals surface area contributed by atoms with Crippen molar-refractivity contribution in [2.75, 3.05) is 0 Å². The van der Waals surface area contributed by atoms with E-state index >= 15 is 0 Å². The Kier molecular flexibility index (Phi) is 5.58. The Morgan fingerprint density at radius 1 is 0.423 bits per heavy atom. The third kappa shape index (κ3) is 3.81. The lowest BCUT2D eigenvalue weighted by Gasteiger charge is -2.14. The van der Waals surface area contributed by atoms with Crippen LogP contribution in [0.5, 0.6) is 0 Å². The van der Waals surface area contributed by atoms with Crippen LogP contribution in [0.15, 0.2) is 167 Å². The molecule has 0 spiro atoms. The second-order valence-corrected chi connectivity index (χ2v) is 14.0. The summed E-state index contributed by atoms with van der Waals surface area (Å²) in [4.78, 5) is 0. The summed E-state index contributed by atoms with van der Waals surface area (Å²) in [5, 5.41) is 9.58. The SMILES string of the molecule is C1=CCCC(n2c3ccccc3c3c4c5ccc(-c6ccc7c(c6)oc6ccccc67)cc5n(-c5ccc6c(c5)oc5ccccc56)c4ccc32)=C1. The first-order valence-electron chi connectivity index (χ1n) is 18.0. The van der Waals surface area contributed by atoms with Gasteiger partial charge in [-0.2, -0.15) is 0 Å². The third-order valence-corrected chi connectivity index (χ3v) is 11.2. The zero-order chi connectivity index (χ0) is 33.9. The predicted octanol–water partition coefficient (Wildman–Crippen LogP) is 13.5. The summed E-state index contributed by atoms with van der Waals surface area (Å²) in [5.74, 6) is 0. The molecule has 0 aliphatic heterocycles. The molecule has 1 aliphatic carbocycles. The molecular formula is C48H30N2O2. The number of furan rings is 2. The second-order valence-electron chi connectivity index (χ2n) is 14.0. The van der Waals surface area contributed by atoms with Crippen molar-refractivity contribution in [1.29, 1.82) is 0 Å². The smallest absolute Gasteiger partial charge is 0.137 e. The van der Waals surface area contributed by atoms with Gasteiger partial charge in [0, 0.05) is 60.5 Å². The van der Waals surface area contributed by atoms with Crippen LogP contribution in [0.4, 0.5) is 0 Å². The van der Waals surface area contributed by atoms with Gasteiger partial charge in [-0.15, -0.1) is 0 Å². The van der Waals surface area contributed by atoms with E-state index in [-0.39, 0.29) is 0 Å². The lowest BCUT2D eigenvalue weighted by molar-refractivity contribution is 0.668. The number of rotatable bonds is 3. The minimum Gasteiger partial charge on any atom is -0.456 e. The Balaban J connectivity index is 1.18. The minimum atomic E-state index is 0.884. The summed E-state index contributed by atoms with van der Waals surface area (Å²) in [6.45, 7) is 0. The Morgan fingerprint density at radius 3 is 1.73 bits per heavy atom. The second kappa shape index (κ2) is 10.4. The zero-order valence-electron chi connectivity index (χ0n) is 28.1. The molecule has 0 unspecified atom stereocenters. The summed E-state index contributed by atoms with van der Waals surface area (Å²) in [5.41, 5.74) is 13.1. The van der Waals surface area contributed by atoms with Crippen molar-refractivity contribution in [3.8, 4) is 16.8 Å². The van der Waals surface area contributed by atoms with E-state index in [0.29, 0.717) is 0 Å². The first-order valence-corrected chi connectivity index (χ1v) is 18.0. The predicted molar refractivity (Wildman–Crippen MR) is 216 cm³/mol. The Labute approximate surface area is 297 Å². The number of hydrogen-bond acceptors (Lipinski definition) is 2. The van der Waals surface area contributed by atoms with Gasteiger partial charge >= 0.3 is 0 Å². The van der Waals surface area contributed by atoms with Gasteiger partial charge in [0.05, 0.1) is 22.1 Å². The average Bonchev–Trinajstić information content (AvgIpc) is 3.94. The van der Waals surface area contributed by atoms with E-state index in [4.69, 9.17) is 8.83 Å². The molecule has 0 amide bonds. The number of benzene rings is 7. The molecule has 52 heavy (non-hydrogen) atoms. The van der Waals surface area contributed by atoms with E-state index in [1.54, 1.807) is 0 Å². The van der Waals surface area contributed by atoms with Crippen LogP contribution in [0.25, 0.3) is 110 Å². The number of para-hydroxylation sites is 3. The fourth-order valence-corrected chi connectivity index (χ4v) is 8.87. The van der Waals surface area contributed by atoms with Crippen molar-refractivity contribution < 1.29 is 8.83 Å². The van der Waals surface area contributed by atoms with Crippen LogP contribution < -0.4 is 0 Å². The first-order chi connectivity index (χ1) is 25.8. The van der Waals surface area contributed by atoms with Gasteiger partial charge in [-0.25, -0.2) is 0 Å². The van der Waals surface area contributed by atoms with Crippen LogP contribution in [0, 0.1) is 0 Å². The average molecular weight is 667 g/mol. The largest absolute Gasteiger partial charge is 0.456 e. The van der Waals surface area contributed by atoms with Crippen molar-refractivity contribution in [3.05, 3.63) is 158 Å². The van der Waals surface area contributed by atoms with Crippen molar-refractivity contribution in [1.82, 2.24) is 9.13 Å². The highest BCUT2D eigenvalue weighted by atomic mass is 16.3. The van der Waals surface area contributed by atoms with Gasteiger partial charge in [-0.3, -0.25) is 0 Å². The standard InChI is InChI=1S/C48H30N2O2/c1-2-10-31(11-3-1)49-39-15-7-4-14-37(39)47-40(49)24-25-41-48(47)38-22-19-29(30-18-21-35-33-12-5-8-16-43(33)51-45(35)27-30)26-42(38)50(41)32-20-23-36-34-13-6-9-17-44(34)52-46(36)28-32/h1-2,4-10,12-28H,3,11H2. The maximum absolute atomic E-state index is 6.43. The van der Waals surface area contributed by atoms with E-state index < -0.39 is 0 Å². The Morgan fingerprint density at radius 2 is 1.00 bits per heavy atom. The molecule has 12 rings (SSSR count). The molecule has 4 heteroatoms. The minimum absolute atomic E-state index is 0.884. The van der Waals surface area contributed by atoms with Crippen molar-refractivity contribution in [2.24, 2.45) is 0 Å². The molecule has 4 aromatic heterocycles. The molecule has 0 fully saturated rings. The summed E-state index contributed by atoms with van der Waals surface area (Å²) in [7, 11) is 0. The van der Waals surface area contributed by atoms with Crippen molar-refractivity contribution in [2.45, 2.75) is 12.8 Å². The highest BCUT2D eigenvalue weighted by Gasteiger charge is 2.22. The molecular weight excluding hydrogens is 637 g/mol. The Bertz CT molecular complexity index is 3360. The fraction of sp³-hybridized carbons (Fsp3) is 0.0417. The summed E-state index contributed by atoms with van der Waals surface area (Å²) >= 11 is 0. The van der Waals surface area contributed by atoms with Gasteiger partial charge in [0.15, 0.2) is 0 Å². The normalized spacial score (nSPS) is 13.7. The molecule has 7 aromatic carbocycles. The van der Waals surface area contributed by atoms with Gasteiger partial charge in [-0.05, 0) is 90.7 Å². The highest BCUT2D eigenvalue weighted by Crippen LogP contribution is 2.44. The molecule has 4 nitrogen and oxygen atoms in total. The van der Waals surface area contributed by atoms with Gasteiger partial charge in [-0.1, -0.05) is 84.9 Å². The zero-order valence-corrected chi connectivity index (χ0v) is 28.1. The lowest BCUT2D eigenvalue weighted by Crippen LogP contribution is -1.98. The Hall–Kier alpha value is -6.78. The van der Waals surface area contributed by atoms with Crippen LogP contribution in [0.2, 0.25) is 0 Å². The summed E-state index contributed by atoms with van der Waals surface area (Å²) in [6.07, 6.45) is 8.79. The molecule has 4 heterocycles. The van der Waals surface area contributed by atoms with E-state index in [1.807, 2.05) is 24.3 Å². The lowest BCUT2D eigenvalue weighted by atomic mass is 10.0. The molecule has 1 aliphatic rings. The number of aromatic nitrogens is 2. The van der Waals surface area contributed by atoms with Gasteiger partial charge in [0.2, 0.25) is 0 Å². The van der Waals surface area contributed by atoms with Gasteiger partial charge < -0.3 is 18.0 Å². The topological polar surface area (TPSA) is 36.1 Å². The van der Waals surface area contributed by atoms with Crippen LogP contribution >= 0.6 is 0 Å². The summed E-state index contributed by atoms with van der Waals surface area (Å²) < 4.78 is 17.7. The number of hydrogen-bond donors (Lipinski definition) is 0. The van der Waals surface area contributed by atoms with Gasteiger partial charge in [0.1, 0.15) is 22.3 Å². The van der Waals surface area contributed by atoms with E-state index in [2.05, 4.69) is 143 Å². The molecule has 0 saturated carbocycles. The molecule has 244 valence electrons. The van der Waals surface area contributed by atoms with Crippen LogP contribution in [0.3, 0.4) is 0 Å². The molecule has 0 atom stereocenters. The van der Waals surface area contributed by atoms with Crippen LogP contribution in [-0.2, 0) is 0 Å². The number of fused-ring (bicyclic) bond motifs is 13. The molecule has 0 bridgehead atoms. The first kappa shape index (κ1) is 28.0. The fourth-order valence-electron chi connectivity index (χ4n) is 8.87. The monoisotopic (exact) mass is 666 g/mol. The molecule has 0 N–H and O–H groups in total. The quantitative estimate of drug-likeness (QED) is 0.188. The molecule has 0 radical (unpaired) electrons. The van der Waals surface area contributed by atoms with Gasteiger partial charge in [0.25, 0.3) is 0 Å². The van der Waals surface area contributed by atoms with Crippen molar-refractivity contribution >= 4 is 93.2 Å². The number of allylic oxidation sites excluding steroid dienone is 4. The van der Waals surface area contributed by atoms with Crippen LogP contribution in [0.1, 0.15) is 12.8 Å². The van der Waals surface area contributed by atoms with E-state index in [1.165, 1.54) is 43.8 Å². The molecule has 11 aromatic rings. The highest BCUT2D eigenvalue weighted by molar-refractivity contribution is 6.29. The van der Waals surface area contributed by atoms with E-state index in [0.717, 1.165) is 79.0 Å². The van der Waals surface area contributed by atoms with Crippen molar-refractivity contribution in [3.63, 3.8) is 0 Å². The molecule has 0 saturated heterocycles. The maximum atomic E-state index is 6.43. The third-order valence-electron chi connectivity index (χ3n) is 11.2. The maximum Gasteiger partial charge on any atom is 0.137 e. The van der Waals surface area contributed by atoms with Crippen LogP contribution in [-0.4, -0.2) is 9.13 Å².